The highest BCUT2D eigenvalue weighted by Gasteiger charge is 2.05. The van der Waals surface area contributed by atoms with Crippen LogP contribution in [0.3, 0.4) is 0 Å². The second kappa shape index (κ2) is 6.58. The molecule has 0 fully saturated rings. The van der Waals surface area contributed by atoms with E-state index in [4.69, 9.17) is 0 Å². The molecule has 0 radical (unpaired) electrons. The smallest absolute Gasteiger partial charge is 0.306 e. The fourth-order valence-electron chi connectivity index (χ4n) is 0.738. The topological polar surface area (TPSA) is 43.4 Å². The van der Waals surface area contributed by atoms with E-state index in [1.54, 1.807) is 6.92 Å². The van der Waals surface area contributed by atoms with Crippen LogP contribution in [0.15, 0.2) is 12.7 Å². The quantitative estimate of drug-likeness (QED) is 0.448. The van der Waals surface area contributed by atoms with Gasteiger partial charge in [0.25, 0.3) is 0 Å². The normalized spacial score (nSPS) is 9.08. The first-order valence-electron chi connectivity index (χ1n) is 3.99. The average molecular weight is 170 g/mol. The third-order valence-electron chi connectivity index (χ3n) is 1.29. The lowest BCUT2D eigenvalue weighted by atomic mass is 10.2. The van der Waals surface area contributed by atoms with Crippen molar-refractivity contribution in [3.05, 3.63) is 12.7 Å². The van der Waals surface area contributed by atoms with Gasteiger partial charge in [-0.15, -0.1) is 6.58 Å². The molecule has 0 unspecified atom stereocenters. The van der Waals surface area contributed by atoms with Crippen molar-refractivity contribution in [3.8, 4) is 0 Å². The van der Waals surface area contributed by atoms with Crippen LogP contribution in [0, 0.1) is 0 Å². The van der Waals surface area contributed by atoms with Crippen molar-refractivity contribution in [2.45, 2.75) is 26.2 Å². The van der Waals surface area contributed by atoms with Crippen LogP contribution in [-0.4, -0.2) is 18.4 Å². The maximum absolute atomic E-state index is 10.9. The summed E-state index contributed by atoms with van der Waals surface area (Å²) in [5, 5.41) is 0. The molecule has 0 atom stereocenters. The van der Waals surface area contributed by atoms with Gasteiger partial charge in [0.15, 0.2) is 0 Å². The molecule has 0 spiro atoms. The molecule has 3 heteroatoms. The van der Waals surface area contributed by atoms with Gasteiger partial charge in [0, 0.05) is 12.8 Å². The van der Waals surface area contributed by atoms with Crippen molar-refractivity contribution in [2.75, 3.05) is 6.61 Å². The van der Waals surface area contributed by atoms with E-state index in [-0.39, 0.29) is 24.6 Å². The molecule has 0 amide bonds. The Labute approximate surface area is 72.4 Å². The Kier molecular flexibility index (Phi) is 5.97. The minimum Gasteiger partial charge on any atom is -0.466 e. The molecule has 3 nitrogen and oxygen atoms in total. The molecule has 0 saturated heterocycles. The first-order chi connectivity index (χ1) is 5.70. The summed E-state index contributed by atoms with van der Waals surface area (Å²) in [6.07, 6.45) is 2.30. The fourth-order valence-corrected chi connectivity index (χ4v) is 0.738. The number of hydrogen-bond donors (Lipinski definition) is 0. The van der Waals surface area contributed by atoms with E-state index in [0.29, 0.717) is 13.0 Å². The van der Waals surface area contributed by atoms with E-state index in [1.165, 1.54) is 6.08 Å². The van der Waals surface area contributed by atoms with Crippen molar-refractivity contribution < 1.29 is 14.3 Å². The van der Waals surface area contributed by atoms with Crippen molar-refractivity contribution in [1.29, 1.82) is 0 Å². The maximum Gasteiger partial charge on any atom is 0.306 e. The Morgan fingerprint density at radius 2 is 2.08 bits per heavy atom. The molecule has 0 aromatic carbocycles. The molecule has 0 aliphatic rings. The van der Waals surface area contributed by atoms with Crippen molar-refractivity contribution in [2.24, 2.45) is 0 Å². The first kappa shape index (κ1) is 10.9. The Balaban J connectivity index is 3.46. The van der Waals surface area contributed by atoms with Crippen LogP contribution in [0.2, 0.25) is 0 Å². The summed E-state index contributed by atoms with van der Waals surface area (Å²) in [5.74, 6) is -0.284. The predicted octanol–water partition coefficient (Wildman–Crippen LogP) is 1.47. The number of hydrogen-bond acceptors (Lipinski definition) is 3. The van der Waals surface area contributed by atoms with Crippen LogP contribution in [-0.2, 0) is 14.3 Å². The Bertz CT molecular complexity index is 173. The third-order valence-corrected chi connectivity index (χ3v) is 1.29. The lowest BCUT2D eigenvalue weighted by Crippen LogP contribution is -2.06. The van der Waals surface area contributed by atoms with Crippen LogP contribution in [0.25, 0.3) is 0 Å². The third kappa shape index (κ3) is 5.65. The molecular formula is C9H14O3. The molecule has 0 aliphatic heterocycles. The van der Waals surface area contributed by atoms with Gasteiger partial charge in [-0.2, -0.15) is 0 Å². The SMILES string of the molecule is C=CCC(=O)CCC(=O)OCC. The van der Waals surface area contributed by atoms with Crippen LogP contribution in [0.5, 0.6) is 0 Å². The van der Waals surface area contributed by atoms with Crippen molar-refractivity contribution >= 4 is 11.8 Å². The summed E-state index contributed by atoms with van der Waals surface area (Å²) in [6.45, 7) is 5.54. The van der Waals surface area contributed by atoms with E-state index in [0.717, 1.165) is 0 Å². The summed E-state index contributed by atoms with van der Waals surface area (Å²) in [7, 11) is 0. The van der Waals surface area contributed by atoms with E-state index >= 15 is 0 Å². The van der Waals surface area contributed by atoms with E-state index in [2.05, 4.69) is 11.3 Å². The summed E-state index contributed by atoms with van der Waals surface area (Å²) < 4.78 is 4.65. The highest BCUT2D eigenvalue weighted by molar-refractivity contribution is 5.83. The van der Waals surface area contributed by atoms with Gasteiger partial charge in [-0.25, -0.2) is 0 Å². The lowest BCUT2D eigenvalue weighted by molar-refractivity contribution is -0.144. The average Bonchev–Trinajstić information content (AvgIpc) is 2.02. The highest BCUT2D eigenvalue weighted by Crippen LogP contribution is 1.97. The molecule has 0 N–H and O–H groups in total. The van der Waals surface area contributed by atoms with Gasteiger partial charge in [-0.1, -0.05) is 6.08 Å². The minimum absolute atomic E-state index is 0.0260. The first-order valence-corrected chi connectivity index (χ1v) is 3.99. The summed E-state index contributed by atoms with van der Waals surface area (Å²) in [4.78, 5) is 21.6. The van der Waals surface area contributed by atoms with Crippen LogP contribution in [0.4, 0.5) is 0 Å². The second-order valence-corrected chi connectivity index (χ2v) is 2.34. The van der Waals surface area contributed by atoms with Gasteiger partial charge in [0.1, 0.15) is 5.78 Å². The molecule has 0 saturated carbocycles. The van der Waals surface area contributed by atoms with Gasteiger partial charge in [0.05, 0.1) is 13.0 Å². The fraction of sp³-hybridized carbons (Fsp3) is 0.556. The number of Topliss-reactive ketones (excluding diaryl/α,β-unsaturated/α-hetero) is 1. The standard InChI is InChI=1S/C9H14O3/c1-3-5-8(10)6-7-9(11)12-4-2/h3H,1,4-7H2,2H3. The predicted molar refractivity (Wildman–Crippen MR) is 45.7 cm³/mol. The van der Waals surface area contributed by atoms with Gasteiger partial charge >= 0.3 is 5.97 Å². The summed E-state index contributed by atoms with van der Waals surface area (Å²) in [5.41, 5.74) is 0. The minimum atomic E-state index is -0.310. The lowest BCUT2D eigenvalue weighted by Gasteiger charge is -1.99. The molecule has 0 bridgehead atoms. The molecule has 0 aromatic heterocycles. The molecule has 0 rings (SSSR count). The number of carbonyl (C=O) groups is 2. The molecule has 12 heavy (non-hydrogen) atoms. The molecule has 68 valence electrons. The second-order valence-electron chi connectivity index (χ2n) is 2.34. The summed E-state index contributed by atoms with van der Waals surface area (Å²) in [6, 6.07) is 0. The maximum atomic E-state index is 10.9. The Hall–Kier alpha value is -1.12. The zero-order valence-electron chi connectivity index (χ0n) is 7.34. The summed E-state index contributed by atoms with van der Waals surface area (Å²) >= 11 is 0. The van der Waals surface area contributed by atoms with Gasteiger partial charge in [0.2, 0.25) is 0 Å². The monoisotopic (exact) mass is 170 g/mol. The Morgan fingerprint density at radius 1 is 1.42 bits per heavy atom. The molecular weight excluding hydrogens is 156 g/mol. The van der Waals surface area contributed by atoms with Gasteiger partial charge in [-0.3, -0.25) is 9.59 Å². The zero-order chi connectivity index (χ0) is 9.40. The van der Waals surface area contributed by atoms with E-state index in [9.17, 15) is 9.59 Å². The van der Waals surface area contributed by atoms with Gasteiger partial charge < -0.3 is 4.74 Å². The van der Waals surface area contributed by atoms with Crippen molar-refractivity contribution in [3.63, 3.8) is 0 Å². The molecule has 0 heterocycles. The number of allylic oxidation sites excluding steroid dienone is 1. The zero-order valence-corrected chi connectivity index (χ0v) is 7.34. The number of rotatable bonds is 6. The van der Waals surface area contributed by atoms with Crippen LogP contribution < -0.4 is 0 Å². The van der Waals surface area contributed by atoms with E-state index < -0.39 is 0 Å². The number of carbonyl (C=O) groups excluding carboxylic acids is 2. The number of ether oxygens (including phenoxy) is 1. The highest BCUT2D eigenvalue weighted by atomic mass is 16.5. The largest absolute Gasteiger partial charge is 0.466 e. The number of ketones is 1. The molecule has 0 aliphatic carbocycles. The number of esters is 1. The van der Waals surface area contributed by atoms with Gasteiger partial charge in [-0.05, 0) is 6.92 Å². The van der Waals surface area contributed by atoms with Crippen LogP contribution >= 0.6 is 0 Å². The Morgan fingerprint density at radius 3 is 2.58 bits per heavy atom. The van der Waals surface area contributed by atoms with Crippen LogP contribution in [0.1, 0.15) is 26.2 Å². The molecule has 0 aromatic rings. The van der Waals surface area contributed by atoms with E-state index in [1.807, 2.05) is 0 Å². The van der Waals surface area contributed by atoms with Crippen molar-refractivity contribution in [1.82, 2.24) is 0 Å².